The summed E-state index contributed by atoms with van der Waals surface area (Å²) in [6.45, 7) is 2.17. The first-order chi connectivity index (χ1) is 10.3. The van der Waals surface area contributed by atoms with Gasteiger partial charge in [-0.1, -0.05) is 0 Å². The minimum Gasteiger partial charge on any atom is -0.490 e. The van der Waals surface area contributed by atoms with Gasteiger partial charge in [0.1, 0.15) is 0 Å². The molecule has 0 bridgehead atoms. The Hall–Kier alpha value is -1.79. The van der Waals surface area contributed by atoms with E-state index >= 15 is 0 Å². The van der Waals surface area contributed by atoms with Gasteiger partial charge in [0, 0.05) is 35.8 Å². The zero-order chi connectivity index (χ0) is 14.5. The molecule has 0 aliphatic carbocycles. The lowest BCUT2D eigenvalue weighted by Crippen LogP contribution is -2.05. The van der Waals surface area contributed by atoms with Crippen molar-refractivity contribution in [3.05, 3.63) is 36.2 Å². The van der Waals surface area contributed by atoms with Crippen molar-refractivity contribution in [3.8, 4) is 11.5 Å². The van der Waals surface area contributed by atoms with E-state index in [1.807, 2.05) is 37.6 Å². The van der Waals surface area contributed by atoms with Crippen molar-refractivity contribution in [2.45, 2.75) is 23.0 Å². The number of rotatable bonds is 4. The van der Waals surface area contributed by atoms with Crippen LogP contribution in [0.5, 0.6) is 11.5 Å². The zero-order valence-corrected chi connectivity index (χ0v) is 12.7. The minimum atomic E-state index is 0.691. The molecule has 0 saturated carbocycles. The second kappa shape index (κ2) is 6.78. The van der Waals surface area contributed by atoms with E-state index < -0.39 is 0 Å². The van der Waals surface area contributed by atoms with Gasteiger partial charge >= 0.3 is 0 Å². The first-order valence-corrected chi connectivity index (χ1v) is 7.70. The van der Waals surface area contributed by atoms with E-state index in [9.17, 15) is 0 Å². The lowest BCUT2D eigenvalue weighted by Gasteiger charge is -2.08. The van der Waals surface area contributed by atoms with Crippen molar-refractivity contribution in [1.29, 1.82) is 0 Å². The Bertz CT molecular complexity index is 604. The molecule has 1 aromatic heterocycles. The second-order valence-electron chi connectivity index (χ2n) is 4.67. The van der Waals surface area contributed by atoms with E-state index in [-0.39, 0.29) is 0 Å². The zero-order valence-electron chi connectivity index (χ0n) is 11.8. The molecule has 1 aliphatic heterocycles. The Labute approximate surface area is 128 Å². The number of fused-ring (bicyclic) bond motifs is 1. The Morgan fingerprint density at radius 2 is 1.90 bits per heavy atom. The van der Waals surface area contributed by atoms with Crippen LogP contribution in [0.25, 0.3) is 0 Å². The molecule has 1 aromatic carbocycles. The summed E-state index contributed by atoms with van der Waals surface area (Å²) in [5.74, 6) is 1.60. The summed E-state index contributed by atoms with van der Waals surface area (Å²) in [7, 11) is 1.90. The monoisotopic (exact) mass is 303 g/mol. The summed E-state index contributed by atoms with van der Waals surface area (Å²) in [4.78, 5) is 9.77. The fourth-order valence-corrected chi connectivity index (χ4v) is 2.73. The van der Waals surface area contributed by atoms with Crippen LogP contribution in [-0.4, -0.2) is 30.2 Å². The van der Waals surface area contributed by atoms with Crippen LogP contribution in [0, 0.1) is 0 Å². The van der Waals surface area contributed by atoms with Crippen molar-refractivity contribution in [2.75, 3.05) is 20.3 Å². The number of ether oxygens (including phenoxy) is 2. The van der Waals surface area contributed by atoms with Gasteiger partial charge in [0.05, 0.1) is 13.2 Å². The summed E-state index contributed by atoms with van der Waals surface area (Å²) in [6.07, 6.45) is 4.59. The van der Waals surface area contributed by atoms with Crippen LogP contribution in [0.2, 0.25) is 0 Å². The van der Waals surface area contributed by atoms with Gasteiger partial charge in [0.2, 0.25) is 0 Å². The van der Waals surface area contributed by atoms with Crippen LogP contribution >= 0.6 is 11.8 Å². The molecule has 0 radical (unpaired) electrons. The van der Waals surface area contributed by atoms with Crippen molar-refractivity contribution in [1.82, 2.24) is 15.3 Å². The van der Waals surface area contributed by atoms with E-state index in [2.05, 4.69) is 15.3 Å². The Morgan fingerprint density at radius 3 is 2.67 bits per heavy atom. The molecule has 0 atom stereocenters. The van der Waals surface area contributed by atoms with Gasteiger partial charge in [-0.15, -0.1) is 0 Å². The van der Waals surface area contributed by atoms with Crippen LogP contribution in [0.1, 0.15) is 12.0 Å². The molecule has 0 spiro atoms. The van der Waals surface area contributed by atoms with E-state index in [1.165, 1.54) is 11.8 Å². The highest BCUT2D eigenvalue weighted by molar-refractivity contribution is 7.99. The van der Waals surface area contributed by atoms with Crippen molar-refractivity contribution >= 4 is 11.8 Å². The summed E-state index contributed by atoms with van der Waals surface area (Å²) in [5, 5.41) is 3.80. The van der Waals surface area contributed by atoms with Gasteiger partial charge in [-0.05, 0) is 37.0 Å². The predicted molar refractivity (Wildman–Crippen MR) is 81.0 cm³/mol. The molecule has 0 saturated heterocycles. The molecule has 0 unspecified atom stereocenters. The molecule has 1 aliphatic rings. The molecular weight excluding hydrogens is 286 g/mol. The maximum Gasteiger partial charge on any atom is 0.192 e. The van der Waals surface area contributed by atoms with Crippen LogP contribution in [0.3, 0.4) is 0 Å². The van der Waals surface area contributed by atoms with Gasteiger partial charge in [-0.25, -0.2) is 9.97 Å². The third kappa shape index (κ3) is 3.65. The summed E-state index contributed by atoms with van der Waals surface area (Å²) >= 11 is 1.52. The van der Waals surface area contributed by atoms with Gasteiger partial charge in [-0.2, -0.15) is 0 Å². The smallest absolute Gasteiger partial charge is 0.192 e. The topological polar surface area (TPSA) is 56.3 Å². The first-order valence-electron chi connectivity index (χ1n) is 6.88. The molecule has 21 heavy (non-hydrogen) atoms. The van der Waals surface area contributed by atoms with E-state index in [4.69, 9.17) is 9.47 Å². The summed E-state index contributed by atoms with van der Waals surface area (Å²) in [5.41, 5.74) is 1.07. The normalized spacial score (nSPS) is 13.8. The van der Waals surface area contributed by atoms with Gasteiger partial charge in [-0.3, -0.25) is 0 Å². The van der Waals surface area contributed by atoms with E-state index in [1.54, 1.807) is 0 Å². The second-order valence-corrected chi connectivity index (χ2v) is 5.71. The van der Waals surface area contributed by atoms with Gasteiger partial charge in [0.25, 0.3) is 0 Å². The molecule has 3 rings (SSSR count). The lowest BCUT2D eigenvalue weighted by atomic mass is 10.3. The van der Waals surface area contributed by atoms with Crippen molar-refractivity contribution in [3.63, 3.8) is 0 Å². The summed E-state index contributed by atoms with van der Waals surface area (Å²) < 4.78 is 11.3. The van der Waals surface area contributed by atoms with Crippen molar-refractivity contribution in [2.24, 2.45) is 0 Å². The fraction of sp³-hybridized carbons (Fsp3) is 0.333. The van der Waals surface area contributed by atoms with Gasteiger partial charge in [0.15, 0.2) is 16.7 Å². The predicted octanol–water partition coefficient (Wildman–Crippen LogP) is 2.51. The van der Waals surface area contributed by atoms with Crippen molar-refractivity contribution < 1.29 is 9.47 Å². The molecule has 2 heterocycles. The van der Waals surface area contributed by atoms with Crippen LogP contribution in [-0.2, 0) is 6.54 Å². The Balaban J connectivity index is 1.73. The number of hydrogen-bond donors (Lipinski definition) is 1. The average molecular weight is 303 g/mol. The number of hydrogen-bond acceptors (Lipinski definition) is 6. The van der Waals surface area contributed by atoms with Crippen LogP contribution in [0.4, 0.5) is 0 Å². The molecule has 5 nitrogen and oxygen atoms in total. The lowest BCUT2D eigenvalue weighted by molar-refractivity contribution is 0.297. The van der Waals surface area contributed by atoms with E-state index in [0.717, 1.165) is 40.1 Å². The quantitative estimate of drug-likeness (QED) is 0.876. The molecular formula is C15H17N3O2S. The Kier molecular flexibility index (Phi) is 4.57. The SMILES string of the molecule is CNCc1cnc(Sc2ccc3c(c2)OCCCO3)nc1. The minimum absolute atomic E-state index is 0.691. The first kappa shape index (κ1) is 14.2. The number of aromatic nitrogens is 2. The highest BCUT2D eigenvalue weighted by atomic mass is 32.2. The number of benzene rings is 1. The highest BCUT2D eigenvalue weighted by Gasteiger charge is 2.11. The number of nitrogens with zero attached hydrogens (tertiary/aromatic N) is 2. The largest absolute Gasteiger partial charge is 0.490 e. The number of nitrogens with one attached hydrogen (secondary N) is 1. The maximum absolute atomic E-state index is 5.69. The Morgan fingerprint density at radius 1 is 1.14 bits per heavy atom. The average Bonchev–Trinajstić information content (AvgIpc) is 2.74. The highest BCUT2D eigenvalue weighted by Crippen LogP contribution is 2.35. The molecule has 0 fully saturated rings. The maximum atomic E-state index is 5.69. The summed E-state index contributed by atoms with van der Waals surface area (Å²) in [6, 6.07) is 5.93. The van der Waals surface area contributed by atoms with Gasteiger partial charge < -0.3 is 14.8 Å². The third-order valence-electron chi connectivity index (χ3n) is 2.99. The van der Waals surface area contributed by atoms with Crippen LogP contribution in [0.15, 0.2) is 40.6 Å². The molecule has 0 amide bonds. The fourth-order valence-electron chi connectivity index (χ4n) is 2.00. The molecule has 6 heteroatoms. The van der Waals surface area contributed by atoms with Crippen LogP contribution < -0.4 is 14.8 Å². The van der Waals surface area contributed by atoms with E-state index in [0.29, 0.717) is 13.2 Å². The third-order valence-corrected chi connectivity index (χ3v) is 3.87. The standard InChI is InChI=1S/C15H17N3O2S/c1-16-8-11-9-17-15(18-10-11)21-12-3-4-13-14(7-12)20-6-2-5-19-13/h3-4,7,9-10,16H,2,5-6,8H2,1H3. The molecule has 110 valence electrons. The molecule has 1 N–H and O–H groups in total. The molecule has 2 aromatic rings.